The SMILES string of the molecule is Cc1ccc(Br)c(C(N)CCc2ccnn2C)c1. The highest BCUT2D eigenvalue weighted by molar-refractivity contribution is 9.10. The van der Waals surface area contributed by atoms with Gasteiger partial charge >= 0.3 is 0 Å². The Hall–Kier alpha value is -1.13. The fourth-order valence-electron chi connectivity index (χ4n) is 2.05. The number of hydrogen-bond acceptors (Lipinski definition) is 2. The summed E-state index contributed by atoms with van der Waals surface area (Å²) >= 11 is 3.57. The molecule has 1 heterocycles. The maximum atomic E-state index is 6.27. The predicted octanol–water partition coefficient (Wildman–Crippen LogP) is 3.12. The smallest absolute Gasteiger partial charge is 0.0492 e. The molecule has 0 saturated carbocycles. The fraction of sp³-hybridized carbons (Fsp3) is 0.357. The summed E-state index contributed by atoms with van der Waals surface area (Å²) in [5, 5.41) is 4.17. The molecule has 0 aliphatic rings. The Morgan fingerprint density at radius 3 is 2.83 bits per heavy atom. The molecule has 2 aromatic rings. The minimum absolute atomic E-state index is 0.0502. The maximum absolute atomic E-state index is 6.27. The summed E-state index contributed by atoms with van der Waals surface area (Å²) < 4.78 is 2.99. The van der Waals surface area contributed by atoms with Gasteiger partial charge in [-0.05, 0) is 37.5 Å². The van der Waals surface area contributed by atoms with Gasteiger partial charge in [0.25, 0.3) is 0 Å². The van der Waals surface area contributed by atoms with Crippen molar-refractivity contribution in [1.29, 1.82) is 0 Å². The molecule has 1 aromatic heterocycles. The number of aromatic nitrogens is 2. The molecule has 0 saturated heterocycles. The molecular weight excluding hydrogens is 290 g/mol. The monoisotopic (exact) mass is 307 g/mol. The van der Waals surface area contributed by atoms with Crippen molar-refractivity contribution in [2.24, 2.45) is 12.8 Å². The molecule has 3 nitrogen and oxygen atoms in total. The Labute approximate surface area is 116 Å². The Balaban J connectivity index is 2.06. The second-order valence-corrected chi connectivity index (χ2v) is 5.47. The number of nitrogens with two attached hydrogens (primary N) is 1. The van der Waals surface area contributed by atoms with Crippen LogP contribution in [0.3, 0.4) is 0 Å². The van der Waals surface area contributed by atoms with Crippen LogP contribution in [0.4, 0.5) is 0 Å². The summed E-state index contributed by atoms with van der Waals surface area (Å²) in [6.45, 7) is 2.09. The van der Waals surface area contributed by atoms with E-state index in [1.807, 2.05) is 24.0 Å². The fourth-order valence-corrected chi connectivity index (χ4v) is 2.59. The lowest BCUT2D eigenvalue weighted by molar-refractivity contribution is 0.612. The van der Waals surface area contributed by atoms with Gasteiger partial charge in [0.15, 0.2) is 0 Å². The van der Waals surface area contributed by atoms with Gasteiger partial charge in [0.1, 0.15) is 0 Å². The first-order valence-electron chi connectivity index (χ1n) is 6.06. The molecule has 0 bridgehead atoms. The normalized spacial score (nSPS) is 12.7. The van der Waals surface area contributed by atoms with Crippen LogP contribution in [0.1, 0.15) is 29.3 Å². The van der Waals surface area contributed by atoms with Crippen molar-refractivity contribution in [2.45, 2.75) is 25.8 Å². The van der Waals surface area contributed by atoms with Crippen molar-refractivity contribution < 1.29 is 0 Å². The van der Waals surface area contributed by atoms with E-state index in [0.717, 1.165) is 17.3 Å². The Kier molecular flexibility index (Phi) is 4.19. The molecule has 96 valence electrons. The zero-order valence-electron chi connectivity index (χ0n) is 10.7. The van der Waals surface area contributed by atoms with Crippen LogP contribution in [-0.2, 0) is 13.5 Å². The van der Waals surface area contributed by atoms with E-state index in [0.29, 0.717) is 0 Å². The molecule has 0 aliphatic heterocycles. The summed E-state index contributed by atoms with van der Waals surface area (Å²) in [5.41, 5.74) is 9.91. The standard InChI is InChI=1S/C14H18BrN3/c1-10-3-5-13(15)12(9-10)14(16)6-4-11-7-8-17-18(11)2/h3,5,7-9,14H,4,6,16H2,1-2H3. The molecule has 1 atom stereocenters. The van der Waals surface area contributed by atoms with E-state index in [2.05, 4.69) is 46.2 Å². The van der Waals surface area contributed by atoms with Gasteiger partial charge in [-0.15, -0.1) is 0 Å². The van der Waals surface area contributed by atoms with Crippen molar-refractivity contribution in [3.05, 3.63) is 51.8 Å². The van der Waals surface area contributed by atoms with Gasteiger partial charge < -0.3 is 5.73 Å². The van der Waals surface area contributed by atoms with E-state index in [1.165, 1.54) is 16.8 Å². The summed E-state index contributed by atoms with van der Waals surface area (Å²) in [5.74, 6) is 0. The van der Waals surface area contributed by atoms with E-state index in [9.17, 15) is 0 Å². The maximum Gasteiger partial charge on any atom is 0.0492 e. The van der Waals surface area contributed by atoms with Crippen LogP contribution >= 0.6 is 15.9 Å². The van der Waals surface area contributed by atoms with Crippen LogP contribution in [-0.4, -0.2) is 9.78 Å². The van der Waals surface area contributed by atoms with E-state index in [1.54, 1.807) is 0 Å². The lowest BCUT2D eigenvalue weighted by Crippen LogP contribution is -2.13. The number of hydrogen-bond donors (Lipinski definition) is 1. The first kappa shape index (κ1) is 13.3. The van der Waals surface area contributed by atoms with Crippen LogP contribution in [0.15, 0.2) is 34.9 Å². The van der Waals surface area contributed by atoms with Crippen LogP contribution < -0.4 is 5.73 Å². The molecule has 0 aliphatic carbocycles. The molecule has 0 amide bonds. The lowest BCUT2D eigenvalue weighted by Gasteiger charge is -2.14. The van der Waals surface area contributed by atoms with Crippen molar-refractivity contribution in [1.82, 2.24) is 9.78 Å². The molecule has 1 unspecified atom stereocenters. The minimum atomic E-state index is 0.0502. The zero-order valence-corrected chi connectivity index (χ0v) is 12.3. The third-order valence-corrected chi connectivity index (χ3v) is 3.91. The third kappa shape index (κ3) is 3.00. The molecule has 0 fully saturated rings. The second kappa shape index (κ2) is 5.67. The van der Waals surface area contributed by atoms with Gasteiger partial charge in [-0.2, -0.15) is 5.10 Å². The van der Waals surface area contributed by atoms with E-state index < -0.39 is 0 Å². The highest BCUT2D eigenvalue weighted by Crippen LogP contribution is 2.26. The van der Waals surface area contributed by atoms with Crippen LogP contribution in [0.5, 0.6) is 0 Å². The van der Waals surface area contributed by atoms with Crippen molar-refractivity contribution >= 4 is 15.9 Å². The van der Waals surface area contributed by atoms with E-state index >= 15 is 0 Å². The Morgan fingerprint density at radius 1 is 1.39 bits per heavy atom. The molecule has 4 heteroatoms. The predicted molar refractivity (Wildman–Crippen MR) is 77.3 cm³/mol. The average Bonchev–Trinajstić information content (AvgIpc) is 2.75. The summed E-state index contributed by atoms with van der Waals surface area (Å²) in [6.07, 6.45) is 3.68. The molecule has 0 spiro atoms. The van der Waals surface area contributed by atoms with Gasteiger partial charge in [0.2, 0.25) is 0 Å². The van der Waals surface area contributed by atoms with Crippen LogP contribution in [0.25, 0.3) is 0 Å². The topological polar surface area (TPSA) is 43.8 Å². The number of halogens is 1. The van der Waals surface area contributed by atoms with Crippen molar-refractivity contribution in [3.8, 4) is 0 Å². The summed E-state index contributed by atoms with van der Waals surface area (Å²) in [6, 6.07) is 8.39. The van der Waals surface area contributed by atoms with Gasteiger partial charge in [0.05, 0.1) is 0 Å². The van der Waals surface area contributed by atoms with E-state index in [4.69, 9.17) is 5.73 Å². The van der Waals surface area contributed by atoms with Gasteiger partial charge in [0, 0.05) is 29.5 Å². The number of nitrogens with zero attached hydrogens (tertiary/aromatic N) is 2. The minimum Gasteiger partial charge on any atom is -0.324 e. The second-order valence-electron chi connectivity index (χ2n) is 4.62. The first-order valence-corrected chi connectivity index (χ1v) is 6.85. The van der Waals surface area contributed by atoms with Crippen LogP contribution in [0.2, 0.25) is 0 Å². The summed E-state index contributed by atoms with van der Waals surface area (Å²) in [4.78, 5) is 0. The highest BCUT2D eigenvalue weighted by Gasteiger charge is 2.11. The quantitative estimate of drug-likeness (QED) is 0.943. The first-order chi connectivity index (χ1) is 8.58. The molecular formula is C14H18BrN3. The third-order valence-electron chi connectivity index (χ3n) is 3.18. The van der Waals surface area contributed by atoms with Crippen molar-refractivity contribution in [2.75, 3.05) is 0 Å². The van der Waals surface area contributed by atoms with E-state index in [-0.39, 0.29) is 6.04 Å². The lowest BCUT2D eigenvalue weighted by atomic mass is 10.0. The average molecular weight is 308 g/mol. The number of rotatable bonds is 4. The van der Waals surface area contributed by atoms with Crippen LogP contribution in [0, 0.1) is 6.92 Å². The van der Waals surface area contributed by atoms with Crippen molar-refractivity contribution in [3.63, 3.8) is 0 Å². The summed E-state index contributed by atoms with van der Waals surface area (Å²) in [7, 11) is 1.96. The van der Waals surface area contributed by atoms with Gasteiger partial charge in [-0.1, -0.05) is 33.6 Å². The molecule has 18 heavy (non-hydrogen) atoms. The Bertz CT molecular complexity index is 534. The molecule has 2 rings (SSSR count). The van der Waals surface area contributed by atoms with Gasteiger partial charge in [-0.25, -0.2) is 0 Å². The largest absolute Gasteiger partial charge is 0.324 e. The molecule has 2 N–H and O–H groups in total. The molecule has 0 radical (unpaired) electrons. The molecule has 1 aromatic carbocycles. The highest BCUT2D eigenvalue weighted by atomic mass is 79.9. The number of benzene rings is 1. The van der Waals surface area contributed by atoms with Gasteiger partial charge in [-0.3, -0.25) is 4.68 Å². The number of aryl methyl sites for hydroxylation is 3. The Morgan fingerprint density at radius 2 is 2.17 bits per heavy atom. The zero-order chi connectivity index (χ0) is 13.1.